The molecule has 1 atom stereocenters. The van der Waals surface area contributed by atoms with Crippen LogP contribution in [0.3, 0.4) is 0 Å². The highest BCUT2D eigenvalue weighted by Gasteiger charge is 2.21. The standard InChI is InChI=1S/C17H17N3O5S/c1-10(15(23)20-17-12(14(18)22)7-8-26-17)25-13(21)9-19-16(24)11-5-3-2-4-6-11/h2-8,10H,9H2,1H3,(H2,18,22)(H,19,24)(H,20,23). The highest BCUT2D eigenvalue weighted by Crippen LogP contribution is 2.22. The Hall–Kier alpha value is -3.20. The molecule has 0 bridgehead atoms. The molecule has 1 aromatic heterocycles. The van der Waals surface area contributed by atoms with E-state index < -0.39 is 29.8 Å². The molecule has 0 saturated heterocycles. The second kappa shape index (κ2) is 8.77. The van der Waals surface area contributed by atoms with Crippen molar-refractivity contribution in [3.8, 4) is 0 Å². The van der Waals surface area contributed by atoms with Crippen LogP contribution in [0, 0.1) is 0 Å². The predicted molar refractivity (Wildman–Crippen MR) is 95.8 cm³/mol. The summed E-state index contributed by atoms with van der Waals surface area (Å²) < 4.78 is 4.97. The molecule has 1 unspecified atom stereocenters. The van der Waals surface area contributed by atoms with E-state index in [0.717, 1.165) is 11.3 Å². The molecule has 4 N–H and O–H groups in total. The zero-order valence-corrected chi connectivity index (χ0v) is 14.7. The van der Waals surface area contributed by atoms with Crippen molar-refractivity contribution < 1.29 is 23.9 Å². The Kier molecular flexibility index (Phi) is 6.45. The zero-order chi connectivity index (χ0) is 19.1. The Balaban J connectivity index is 1.82. The number of hydrogen-bond acceptors (Lipinski definition) is 6. The summed E-state index contributed by atoms with van der Waals surface area (Å²) in [7, 11) is 0. The van der Waals surface area contributed by atoms with Crippen LogP contribution in [0.5, 0.6) is 0 Å². The van der Waals surface area contributed by atoms with Crippen molar-refractivity contribution in [2.24, 2.45) is 5.73 Å². The first kappa shape index (κ1) is 19.1. The van der Waals surface area contributed by atoms with Gasteiger partial charge >= 0.3 is 5.97 Å². The second-order valence-corrected chi connectivity index (χ2v) is 6.11. The third-order valence-corrected chi connectivity index (χ3v) is 4.10. The summed E-state index contributed by atoms with van der Waals surface area (Å²) in [4.78, 5) is 46.9. The normalized spacial score (nSPS) is 11.3. The summed E-state index contributed by atoms with van der Waals surface area (Å²) >= 11 is 1.12. The SMILES string of the molecule is CC(OC(=O)CNC(=O)c1ccccc1)C(=O)Nc1sccc1C(N)=O. The number of primary amides is 1. The molecule has 0 aliphatic carbocycles. The fraction of sp³-hybridized carbons (Fsp3) is 0.176. The van der Waals surface area contributed by atoms with Crippen LogP contribution in [-0.4, -0.2) is 36.3 Å². The van der Waals surface area contributed by atoms with E-state index in [1.807, 2.05) is 0 Å². The molecule has 1 heterocycles. The quantitative estimate of drug-likeness (QED) is 0.626. The molecule has 9 heteroatoms. The summed E-state index contributed by atoms with van der Waals surface area (Å²) in [5.41, 5.74) is 5.78. The lowest BCUT2D eigenvalue weighted by atomic mass is 10.2. The lowest BCUT2D eigenvalue weighted by Crippen LogP contribution is -2.36. The van der Waals surface area contributed by atoms with Crippen LogP contribution < -0.4 is 16.4 Å². The molecule has 136 valence electrons. The number of amides is 3. The minimum atomic E-state index is -1.11. The van der Waals surface area contributed by atoms with Crippen molar-refractivity contribution in [2.45, 2.75) is 13.0 Å². The van der Waals surface area contributed by atoms with E-state index >= 15 is 0 Å². The summed E-state index contributed by atoms with van der Waals surface area (Å²) in [6.45, 7) is 1.00. The summed E-state index contributed by atoms with van der Waals surface area (Å²) in [5, 5.41) is 6.77. The smallest absolute Gasteiger partial charge is 0.326 e. The van der Waals surface area contributed by atoms with Gasteiger partial charge in [-0.2, -0.15) is 0 Å². The molecule has 0 saturated carbocycles. The Morgan fingerprint density at radius 1 is 1.15 bits per heavy atom. The number of carbonyl (C=O) groups is 4. The molecular weight excluding hydrogens is 358 g/mol. The molecule has 2 rings (SSSR count). The molecular formula is C17H17N3O5S. The lowest BCUT2D eigenvalue weighted by molar-refractivity contribution is -0.152. The van der Waals surface area contributed by atoms with Crippen LogP contribution in [-0.2, 0) is 14.3 Å². The molecule has 3 amide bonds. The van der Waals surface area contributed by atoms with Gasteiger partial charge in [0.2, 0.25) is 0 Å². The van der Waals surface area contributed by atoms with Gasteiger partial charge < -0.3 is 21.1 Å². The Labute approximate surface area is 153 Å². The van der Waals surface area contributed by atoms with E-state index in [2.05, 4.69) is 10.6 Å². The van der Waals surface area contributed by atoms with Crippen LogP contribution in [0.1, 0.15) is 27.6 Å². The number of hydrogen-bond donors (Lipinski definition) is 3. The average Bonchev–Trinajstić information content (AvgIpc) is 3.08. The van der Waals surface area contributed by atoms with E-state index in [1.165, 1.54) is 13.0 Å². The maximum Gasteiger partial charge on any atom is 0.326 e. The van der Waals surface area contributed by atoms with Gasteiger partial charge in [-0.05, 0) is 30.5 Å². The van der Waals surface area contributed by atoms with Crippen molar-refractivity contribution in [1.29, 1.82) is 0 Å². The summed E-state index contributed by atoms with van der Waals surface area (Å²) in [6, 6.07) is 9.86. The van der Waals surface area contributed by atoms with Crippen molar-refractivity contribution in [2.75, 3.05) is 11.9 Å². The lowest BCUT2D eigenvalue weighted by Gasteiger charge is -2.13. The fourth-order valence-electron chi connectivity index (χ4n) is 1.95. The van der Waals surface area contributed by atoms with Gasteiger partial charge in [0.15, 0.2) is 6.10 Å². The summed E-state index contributed by atoms with van der Waals surface area (Å²) in [5.74, 6) is -2.48. The molecule has 0 spiro atoms. The highest BCUT2D eigenvalue weighted by molar-refractivity contribution is 7.14. The first-order valence-corrected chi connectivity index (χ1v) is 8.47. The van der Waals surface area contributed by atoms with Crippen LogP contribution >= 0.6 is 11.3 Å². The van der Waals surface area contributed by atoms with Gasteiger partial charge in [-0.3, -0.25) is 19.2 Å². The molecule has 26 heavy (non-hydrogen) atoms. The number of benzene rings is 1. The molecule has 1 aromatic carbocycles. The number of thiophene rings is 1. The highest BCUT2D eigenvalue weighted by atomic mass is 32.1. The first-order chi connectivity index (χ1) is 12.4. The average molecular weight is 375 g/mol. The van der Waals surface area contributed by atoms with Gasteiger partial charge in [-0.1, -0.05) is 18.2 Å². The van der Waals surface area contributed by atoms with E-state index in [4.69, 9.17) is 10.5 Å². The van der Waals surface area contributed by atoms with Gasteiger partial charge in [0.05, 0.1) is 5.56 Å². The number of esters is 1. The van der Waals surface area contributed by atoms with Crippen molar-refractivity contribution in [3.63, 3.8) is 0 Å². The molecule has 0 fully saturated rings. The van der Waals surface area contributed by atoms with Crippen molar-refractivity contribution >= 4 is 40.0 Å². The zero-order valence-electron chi connectivity index (χ0n) is 13.9. The van der Waals surface area contributed by atoms with E-state index in [0.29, 0.717) is 5.56 Å². The fourth-order valence-corrected chi connectivity index (χ4v) is 2.75. The third-order valence-electron chi connectivity index (χ3n) is 3.27. The number of nitrogens with two attached hydrogens (primary N) is 1. The first-order valence-electron chi connectivity index (χ1n) is 7.59. The Morgan fingerprint density at radius 2 is 1.85 bits per heavy atom. The number of nitrogens with one attached hydrogen (secondary N) is 2. The van der Waals surface area contributed by atoms with Crippen LogP contribution in [0.25, 0.3) is 0 Å². The van der Waals surface area contributed by atoms with E-state index in [9.17, 15) is 19.2 Å². The van der Waals surface area contributed by atoms with Crippen molar-refractivity contribution in [1.82, 2.24) is 5.32 Å². The minimum absolute atomic E-state index is 0.178. The maximum absolute atomic E-state index is 12.1. The molecule has 0 radical (unpaired) electrons. The van der Waals surface area contributed by atoms with Gasteiger partial charge in [-0.25, -0.2) is 0 Å². The maximum atomic E-state index is 12.1. The van der Waals surface area contributed by atoms with Crippen molar-refractivity contribution in [3.05, 3.63) is 52.9 Å². The number of rotatable bonds is 7. The molecule has 8 nitrogen and oxygen atoms in total. The van der Waals surface area contributed by atoms with Crippen LogP contribution in [0.4, 0.5) is 5.00 Å². The van der Waals surface area contributed by atoms with E-state index in [-0.39, 0.29) is 17.1 Å². The molecule has 0 aliphatic heterocycles. The van der Waals surface area contributed by atoms with Gasteiger partial charge in [-0.15, -0.1) is 11.3 Å². The van der Waals surface area contributed by atoms with Crippen LogP contribution in [0.2, 0.25) is 0 Å². The number of ether oxygens (including phenoxy) is 1. The topological polar surface area (TPSA) is 128 Å². The number of anilines is 1. The monoisotopic (exact) mass is 375 g/mol. The largest absolute Gasteiger partial charge is 0.451 e. The Morgan fingerprint density at radius 3 is 2.50 bits per heavy atom. The molecule has 2 aromatic rings. The predicted octanol–water partition coefficient (Wildman–Crippen LogP) is 1.15. The van der Waals surface area contributed by atoms with Gasteiger partial charge in [0, 0.05) is 5.56 Å². The van der Waals surface area contributed by atoms with Gasteiger partial charge in [0.25, 0.3) is 17.7 Å². The molecule has 0 aliphatic rings. The summed E-state index contributed by atoms with van der Waals surface area (Å²) in [6.07, 6.45) is -1.11. The van der Waals surface area contributed by atoms with E-state index in [1.54, 1.807) is 35.7 Å². The van der Waals surface area contributed by atoms with Gasteiger partial charge in [0.1, 0.15) is 11.5 Å². The van der Waals surface area contributed by atoms with Crippen LogP contribution in [0.15, 0.2) is 41.8 Å². The Bertz CT molecular complexity index is 819. The second-order valence-electron chi connectivity index (χ2n) is 5.20. The number of carbonyl (C=O) groups excluding carboxylic acids is 4. The minimum Gasteiger partial charge on any atom is -0.451 e. The third kappa shape index (κ3) is 5.15.